The van der Waals surface area contributed by atoms with Gasteiger partial charge in [-0.2, -0.15) is 0 Å². The van der Waals surface area contributed by atoms with E-state index in [1.807, 2.05) is 18.7 Å². The first kappa shape index (κ1) is 20.3. The van der Waals surface area contributed by atoms with E-state index in [-0.39, 0.29) is 16.7 Å². The van der Waals surface area contributed by atoms with E-state index < -0.39 is 10.0 Å². The van der Waals surface area contributed by atoms with Gasteiger partial charge in [0.15, 0.2) is 0 Å². The number of piperazine rings is 1. The van der Waals surface area contributed by atoms with Gasteiger partial charge in [-0.1, -0.05) is 13.8 Å². The number of carbonyl (C=O) groups is 1. The van der Waals surface area contributed by atoms with E-state index in [1.165, 1.54) is 12.1 Å². The molecule has 2 aliphatic heterocycles. The van der Waals surface area contributed by atoms with Crippen molar-refractivity contribution in [3.8, 4) is 0 Å². The second kappa shape index (κ2) is 8.68. The molecule has 0 saturated carbocycles. The molecular weight excluding hydrogens is 364 g/mol. The van der Waals surface area contributed by atoms with E-state index in [0.717, 1.165) is 45.7 Å². The molecule has 2 fully saturated rings. The molecule has 0 bridgehead atoms. The van der Waals surface area contributed by atoms with E-state index in [9.17, 15) is 13.2 Å². The Morgan fingerprint density at radius 3 is 2.48 bits per heavy atom. The molecule has 8 heteroatoms. The Bertz CT molecular complexity index is 743. The maximum absolute atomic E-state index is 12.8. The molecule has 2 saturated heterocycles. The molecule has 1 amide bonds. The summed E-state index contributed by atoms with van der Waals surface area (Å²) in [6, 6.07) is 6.69. The summed E-state index contributed by atoms with van der Waals surface area (Å²) in [6.45, 7) is 9.87. The first-order valence-corrected chi connectivity index (χ1v) is 11.2. The van der Waals surface area contributed by atoms with Gasteiger partial charge < -0.3 is 10.2 Å². The quantitative estimate of drug-likeness (QED) is 0.744. The zero-order valence-electron chi connectivity index (χ0n) is 16.1. The standard InChI is InChI=1S/C19H30N4O3S/c1-15(2)13-21-27(25,26)18-5-3-16(4-6-18)19(24)23-10-7-17(14-23)22-11-8-20-9-12-22/h3-6,15,17,20-21H,7-14H2,1-2H3. The van der Waals surface area contributed by atoms with Crippen LogP contribution in [0.2, 0.25) is 0 Å². The molecule has 1 atom stereocenters. The summed E-state index contributed by atoms with van der Waals surface area (Å²) in [5, 5.41) is 3.35. The van der Waals surface area contributed by atoms with Crippen LogP contribution in [-0.4, -0.2) is 76.0 Å². The third-order valence-electron chi connectivity index (χ3n) is 5.21. The number of hydrogen-bond acceptors (Lipinski definition) is 5. The van der Waals surface area contributed by atoms with Crippen molar-refractivity contribution in [1.82, 2.24) is 19.8 Å². The average molecular weight is 395 g/mol. The summed E-state index contributed by atoms with van der Waals surface area (Å²) in [7, 11) is -3.53. The normalized spacial score (nSPS) is 21.7. The molecule has 150 valence electrons. The van der Waals surface area contributed by atoms with E-state index in [1.54, 1.807) is 12.1 Å². The van der Waals surface area contributed by atoms with Gasteiger partial charge in [-0.3, -0.25) is 9.69 Å². The van der Waals surface area contributed by atoms with E-state index in [4.69, 9.17) is 0 Å². The van der Waals surface area contributed by atoms with Crippen LogP contribution < -0.4 is 10.0 Å². The molecule has 0 radical (unpaired) electrons. The zero-order valence-corrected chi connectivity index (χ0v) is 17.0. The Morgan fingerprint density at radius 1 is 1.19 bits per heavy atom. The molecule has 3 rings (SSSR count). The van der Waals surface area contributed by atoms with Gasteiger partial charge in [0.2, 0.25) is 10.0 Å². The van der Waals surface area contributed by atoms with Crippen LogP contribution in [-0.2, 0) is 10.0 Å². The molecule has 0 aliphatic carbocycles. The second-order valence-corrected chi connectivity index (χ2v) is 9.52. The molecule has 0 spiro atoms. The van der Waals surface area contributed by atoms with Crippen molar-refractivity contribution in [1.29, 1.82) is 0 Å². The molecule has 2 aliphatic rings. The Labute approximate surface area is 162 Å². The third kappa shape index (κ3) is 5.07. The number of sulfonamides is 1. The Morgan fingerprint density at radius 2 is 1.85 bits per heavy atom. The molecule has 2 heterocycles. The van der Waals surface area contributed by atoms with Crippen LogP contribution in [0.15, 0.2) is 29.2 Å². The fraction of sp³-hybridized carbons (Fsp3) is 0.632. The fourth-order valence-electron chi connectivity index (χ4n) is 3.59. The molecule has 7 nitrogen and oxygen atoms in total. The largest absolute Gasteiger partial charge is 0.337 e. The highest BCUT2D eigenvalue weighted by molar-refractivity contribution is 7.89. The Kier molecular flexibility index (Phi) is 6.52. The summed E-state index contributed by atoms with van der Waals surface area (Å²) in [5.41, 5.74) is 0.541. The van der Waals surface area contributed by atoms with Gasteiger partial charge in [-0.15, -0.1) is 0 Å². The lowest BCUT2D eigenvalue weighted by Crippen LogP contribution is -2.49. The lowest BCUT2D eigenvalue weighted by Gasteiger charge is -2.32. The van der Waals surface area contributed by atoms with Gasteiger partial charge in [-0.05, 0) is 36.6 Å². The first-order valence-electron chi connectivity index (χ1n) is 9.70. The van der Waals surface area contributed by atoms with E-state index in [2.05, 4.69) is 14.9 Å². The Hall–Kier alpha value is -1.48. The lowest BCUT2D eigenvalue weighted by molar-refractivity contribution is 0.0773. The zero-order chi connectivity index (χ0) is 19.4. The highest BCUT2D eigenvalue weighted by Gasteiger charge is 2.31. The number of benzene rings is 1. The predicted molar refractivity (Wildman–Crippen MR) is 105 cm³/mol. The summed E-state index contributed by atoms with van der Waals surface area (Å²) in [5.74, 6) is 0.214. The topological polar surface area (TPSA) is 81.8 Å². The van der Waals surface area contributed by atoms with Crippen molar-refractivity contribution in [3.05, 3.63) is 29.8 Å². The van der Waals surface area contributed by atoms with Gasteiger partial charge in [0.25, 0.3) is 5.91 Å². The average Bonchev–Trinajstić information content (AvgIpc) is 3.17. The lowest BCUT2D eigenvalue weighted by atomic mass is 10.2. The number of rotatable bonds is 6. The first-order chi connectivity index (χ1) is 12.9. The van der Waals surface area contributed by atoms with Crippen LogP contribution in [0.1, 0.15) is 30.6 Å². The minimum Gasteiger partial charge on any atom is -0.337 e. The molecular formula is C19H30N4O3S. The number of amides is 1. The van der Waals surface area contributed by atoms with Crippen molar-refractivity contribution in [2.75, 3.05) is 45.8 Å². The van der Waals surface area contributed by atoms with Crippen molar-refractivity contribution >= 4 is 15.9 Å². The van der Waals surface area contributed by atoms with Gasteiger partial charge in [0.05, 0.1) is 4.90 Å². The van der Waals surface area contributed by atoms with Crippen molar-refractivity contribution in [3.63, 3.8) is 0 Å². The fourth-order valence-corrected chi connectivity index (χ4v) is 4.80. The highest BCUT2D eigenvalue weighted by atomic mass is 32.2. The summed E-state index contributed by atoms with van der Waals surface area (Å²) >= 11 is 0. The van der Waals surface area contributed by atoms with Crippen LogP contribution in [0.5, 0.6) is 0 Å². The number of likely N-dealkylation sites (tertiary alicyclic amines) is 1. The summed E-state index contributed by atoms with van der Waals surface area (Å²) in [6.07, 6.45) is 0.997. The van der Waals surface area contributed by atoms with Gasteiger partial charge in [0.1, 0.15) is 0 Å². The van der Waals surface area contributed by atoms with Gasteiger partial charge in [-0.25, -0.2) is 13.1 Å². The number of hydrogen-bond donors (Lipinski definition) is 2. The maximum Gasteiger partial charge on any atom is 0.253 e. The predicted octanol–water partition coefficient (Wildman–Crippen LogP) is 0.741. The van der Waals surface area contributed by atoms with Crippen LogP contribution in [0, 0.1) is 5.92 Å². The van der Waals surface area contributed by atoms with E-state index in [0.29, 0.717) is 18.2 Å². The highest BCUT2D eigenvalue weighted by Crippen LogP contribution is 2.19. The third-order valence-corrected chi connectivity index (χ3v) is 6.65. The minimum absolute atomic E-state index is 0.0216. The molecule has 2 N–H and O–H groups in total. The van der Waals surface area contributed by atoms with Crippen LogP contribution in [0.4, 0.5) is 0 Å². The molecule has 1 aromatic rings. The van der Waals surface area contributed by atoms with E-state index >= 15 is 0 Å². The van der Waals surface area contributed by atoms with Crippen molar-refractivity contribution < 1.29 is 13.2 Å². The van der Waals surface area contributed by atoms with Crippen LogP contribution >= 0.6 is 0 Å². The SMILES string of the molecule is CC(C)CNS(=O)(=O)c1ccc(C(=O)N2CCC(N3CCNCC3)C2)cc1. The Balaban J connectivity index is 1.61. The smallest absolute Gasteiger partial charge is 0.253 e. The number of nitrogens with one attached hydrogen (secondary N) is 2. The molecule has 1 unspecified atom stereocenters. The van der Waals surface area contributed by atoms with Crippen molar-refractivity contribution in [2.45, 2.75) is 31.2 Å². The molecule has 0 aromatic heterocycles. The van der Waals surface area contributed by atoms with Gasteiger partial charge in [0, 0.05) is 57.4 Å². The monoisotopic (exact) mass is 394 g/mol. The summed E-state index contributed by atoms with van der Waals surface area (Å²) < 4.78 is 27.1. The minimum atomic E-state index is -3.53. The summed E-state index contributed by atoms with van der Waals surface area (Å²) in [4.78, 5) is 17.3. The van der Waals surface area contributed by atoms with Gasteiger partial charge >= 0.3 is 0 Å². The molecule has 1 aromatic carbocycles. The van der Waals surface area contributed by atoms with Crippen LogP contribution in [0.3, 0.4) is 0 Å². The van der Waals surface area contributed by atoms with Crippen LogP contribution in [0.25, 0.3) is 0 Å². The van der Waals surface area contributed by atoms with Crippen molar-refractivity contribution in [2.24, 2.45) is 5.92 Å². The molecule has 27 heavy (non-hydrogen) atoms. The second-order valence-electron chi connectivity index (χ2n) is 7.75. The maximum atomic E-state index is 12.8. The number of carbonyl (C=O) groups excluding carboxylic acids is 1. The number of nitrogens with zero attached hydrogens (tertiary/aromatic N) is 2.